The van der Waals surface area contributed by atoms with Crippen LogP contribution in [0.25, 0.3) is 0 Å². The molecule has 1 unspecified atom stereocenters. The first-order valence-electron chi connectivity index (χ1n) is 3.35. The molecule has 1 atom stereocenters. The minimum atomic E-state index is -1.03. The van der Waals surface area contributed by atoms with Crippen molar-refractivity contribution in [2.24, 2.45) is 0 Å². The smallest absolute Gasteiger partial charge is 0.417 e. The highest BCUT2D eigenvalue weighted by Crippen LogP contribution is 2.18. The molecule has 0 spiro atoms. The first-order chi connectivity index (χ1) is 5.16. The molecule has 5 heteroatoms. The van der Waals surface area contributed by atoms with Crippen LogP contribution in [0.5, 0.6) is 0 Å². The van der Waals surface area contributed by atoms with E-state index in [0.717, 1.165) is 0 Å². The van der Waals surface area contributed by atoms with Gasteiger partial charge in [0.1, 0.15) is 6.10 Å². The molecule has 0 saturated carbocycles. The Morgan fingerprint density at radius 2 is 1.64 bits per heavy atom. The minimum absolute atomic E-state index is 0.241. The van der Waals surface area contributed by atoms with Crippen LogP contribution in [-0.2, 0) is 18.0 Å². The Morgan fingerprint density at radius 1 is 1.18 bits per heavy atom. The Hall–Kier alpha value is 0.372. The van der Waals surface area contributed by atoms with Gasteiger partial charge in [0.25, 0.3) is 5.97 Å². The normalized spacial score (nSPS) is 14.9. The topological polar surface area (TPSA) is 36.9 Å². The third-order valence-electron chi connectivity index (χ3n) is 1.70. The van der Waals surface area contributed by atoms with Crippen LogP contribution in [0.2, 0.25) is 0 Å². The zero-order valence-electron chi connectivity index (χ0n) is 7.71. The predicted octanol–water partition coefficient (Wildman–Crippen LogP) is -0.467. The van der Waals surface area contributed by atoms with Gasteiger partial charge in [0.15, 0.2) is 0 Å². The standard InChI is InChI=1S/C6H13O4.Al.2H/c1-5(8-2)6(7,9-3)10-4;;;/h5H,1-4H3;;;/q-1;+1;;. The summed E-state index contributed by atoms with van der Waals surface area (Å²) < 4.78 is 20.3. The molecule has 0 saturated heterocycles. The molecule has 0 fully saturated rings. The number of hydrogen-bond acceptors (Lipinski definition) is 4. The quantitative estimate of drug-likeness (QED) is 0.421. The Morgan fingerprint density at radius 3 is 1.73 bits per heavy atom. The van der Waals surface area contributed by atoms with E-state index in [9.17, 15) is 0 Å². The lowest BCUT2D eigenvalue weighted by Crippen LogP contribution is -2.47. The van der Waals surface area contributed by atoms with Gasteiger partial charge in [-0.2, -0.15) is 0 Å². The van der Waals surface area contributed by atoms with Crippen molar-refractivity contribution in [1.82, 2.24) is 0 Å². The first-order valence-corrected chi connectivity index (χ1v) is 4.16. The van der Waals surface area contributed by atoms with E-state index in [-0.39, 0.29) is 6.10 Å². The van der Waals surface area contributed by atoms with E-state index in [1.807, 2.05) is 6.92 Å². The fourth-order valence-electron chi connectivity index (χ4n) is 0.892. The summed E-state index contributed by atoms with van der Waals surface area (Å²) >= 11 is 0.538. The van der Waals surface area contributed by atoms with Crippen LogP contribution in [0.1, 0.15) is 6.92 Å². The molecule has 0 amide bonds. The van der Waals surface area contributed by atoms with Crippen molar-refractivity contribution >= 4 is 16.6 Å². The molecule has 0 aromatic carbocycles. The summed E-state index contributed by atoms with van der Waals surface area (Å²) in [7, 11) is 4.63. The van der Waals surface area contributed by atoms with Crippen molar-refractivity contribution in [2.45, 2.75) is 19.0 Å². The van der Waals surface area contributed by atoms with E-state index >= 15 is 0 Å². The molecular formula is C6H15AlO4. The van der Waals surface area contributed by atoms with E-state index < -0.39 is 5.97 Å². The van der Waals surface area contributed by atoms with Gasteiger partial charge in [-0.15, -0.1) is 0 Å². The number of rotatable bonds is 5. The summed E-state index contributed by atoms with van der Waals surface area (Å²) in [5, 5.41) is 0. The maximum Gasteiger partial charge on any atom is 0.417 e. The summed E-state index contributed by atoms with van der Waals surface area (Å²) in [6.45, 7) is 1.82. The van der Waals surface area contributed by atoms with Gasteiger partial charge < -0.3 is 18.0 Å². The van der Waals surface area contributed by atoms with E-state index in [2.05, 4.69) is 0 Å². The molecule has 0 aliphatic carbocycles. The van der Waals surface area contributed by atoms with Gasteiger partial charge in [-0.25, -0.2) is 0 Å². The molecule has 4 nitrogen and oxygen atoms in total. The SMILES string of the molecule is COC(C)C(OC)(OC)[O][AlH2]. The third kappa shape index (κ3) is 2.41. The van der Waals surface area contributed by atoms with Gasteiger partial charge in [-0.3, -0.25) is 0 Å². The summed E-state index contributed by atoms with van der Waals surface area (Å²) in [5.41, 5.74) is 0. The van der Waals surface area contributed by atoms with Gasteiger partial charge in [0, 0.05) is 21.3 Å². The monoisotopic (exact) mass is 178 g/mol. The van der Waals surface area contributed by atoms with Crippen LogP contribution in [0.4, 0.5) is 0 Å². The molecule has 0 aliphatic rings. The zero-order valence-corrected chi connectivity index (χ0v) is 9.71. The predicted molar refractivity (Wildman–Crippen MR) is 42.8 cm³/mol. The van der Waals surface area contributed by atoms with Gasteiger partial charge in [0.05, 0.1) is 0 Å². The highest BCUT2D eigenvalue weighted by Gasteiger charge is 2.35. The van der Waals surface area contributed by atoms with Crippen molar-refractivity contribution in [2.75, 3.05) is 21.3 Å². The van der Waals surface area contributed by atoms with Crippen molar-refractivity contribution < 1.29 is 18.0 Å². The Balaban J connectivity index is 4.26. The van der Waals surface area contributed by atoms with Gasteiger partial charge in [0.2, 0.25) is 0 Å². The van der Waals surface area contributed by atoms with E-state index in [4.69, 9.17) is 18.0 Å². The Bertz CT molecular complexity index is 96.5. The van der Waals surface area contributed by atoms with Crippen molar-refractivity contribution in [3.05, 3.63) is 0 Å². The molecule has 0 radical (unpaired) electrons. The fraction of sp³-hybridized carbons (Fsp3) is 1.00. The second kappa shape index (κ2) is 5.10. The van der Waals surface area contributed by atoms with E-state index in [1.165, 1.54) is 14.2 Å². The maximum atomic E-state index is 5.16. The van der Waals surface area contributed by atoms with Crippen LogP contribution in [0, 0.1) is 0 Å². The van der Waals surface area contributed by atoms with E-state index in [1.54, 1.807) is 7.11 Å². The largest absolute Gasteiger partial charge is 0.460 e. The lowest BCUT2D eigenvalue weighted by molar-refractivity contribution is -0.361. The maximum absolute atomic E-state index is 5.16. The Labute approximate surface area is 75.5 Å². The van der Waals surface area contributed by atoms with Gasteiger partial charge in [-0.1, -0.05) is 0 Å². The second-order valence-electron chi connectivity index (χ2n) is 2.09. The molecule has 0 aromatic rings. The average Bonchev–Trinajstić information content (AvgIpc) is 2.08. The summed E-state index contributed by atoms with van der Waals surface area (Å²) in [4.78, 5) is 0. The molecule has 0 aliphatic heterocycles. The molecule has 66 valence electrons. The Kier molecular flexibility index (Phi) is 5.27. The molecule has 0 heterocycles. The van der Waals surface area contributed by atoms with Crippen LogP contribution in [-0.4, -0.2) is 50.0 Å². The van der Waals surface area contributed by atoms with E-state index in [0.29, 0.717) is 16.6 Å². The molecule has 0 bridgehead atoms. The van der Waals surface area contributed by atoms with Crippen molar-refractivity contribution in [3.63, 3.8) is 0 Å². The highest BCUT2D eigenvalue weighted by atomic mass is 27.1. The average molecular weight is 178 g/mol. The molecule has 0 aromatic heterocycles. The number of hydrogen-bond donors (Lipinski definition) is 0. The molecular weight excluding hydrogens is 163 g/mol. The number of methoxy groups -OCH3 is 3. The lowest BCUT2D eigenvalue weighted by atomic mass is 10.3. The van der Waals surface area contributed by atoms with Crippen LogP contribution in [0.3, 0.4) is 0 Å². The second-order valence-corrected chi connectivity index (χ2v) is 2.50. The summed E-state index contributed by atoms with van der Waals surface area (Å²) in [5.74, 6) is -1.03. The van der Waals surface area contributed by atoms with Crippen LogP contribution < -0.4 is 0 Å². The first kappa shape index (κ1) is 11.4. The minimum Gasteiger partial charge on any atom is -0.460 e. The van der Waals surface area contributed by atoms with Crippen LogP contribution >= 0.6 is 0 Å². The lowest BCUT2D eigenvalue weighted by Gasteiger charge is -2.34. The highest BCUT2D eigenvalue weighted by molar-refractivity contribution is 5.98. The van der Waals surface area contributed by atoms with Crippen molar-refractivity contribution in [3.8, 4) is 0 Å². The summed E-state index contributed by atoms with van der Waals surface area (Å²) in [6.07, 6.45) is -0.241. The van der Waals surface area contributed by atoms with Crippen LogP contribution in [0.15, 0.2) is 0 Å². The molecule has 0 rings (SSSR count). The van der Waals surface area contributed by atoms with Gasteiger partial charge >= 0.3 is 16.6 Å². The fourth-order valence-corrected chi connectivity index (χ4v) is 1.56. The third-order valence-corrected chi connectivity index (χ3v) is 2.27. The summed E-state index contributed by atoms with van der Waals surface area (Å²) in [6, 6.07) is 0. The molecule has 11 heavy (non-hydrogen) atoms. The zero-order chi connectivity index (χ0) is 8.91. The van der Waals surface area contributed by atoms with Crippen molar-refractivity contribution in [1.29, 1.82) is 0 Å². The number of ether oxygens (including phenoxy) is 3. The molecule has 0 N–H and O–H groups in total. The van der Waals surface area contributed by atoms with Gasteiger partial charge in [-0.05, 0) is 6.92 Å².